The van der Waals surface area contributed by atoms with Crippen LogP contribution in [0.4, 0.5) is 0 Å². The van der Waals surface area contributed by atoms with Crippen LogP contribution in [0, 0.1) is 17.2 Å². The Kier molecular flexibility index (Phi) is 6.80. The minimum absolute atomic E-state index is 0.621. The molecule has 114 valence electrons. The van der Waals surface area contributed by atoms with Crippen molar-refractivity contribution in [3.8, 4) is 6.07 Å². The first-order valence-corrected chi connectivity index (χ1v) is 8.75. The molecule has 1 aliphatic carbocycles. The number of hydrogen-bond acceptors (Lipinski definition) is 1. The van der Waals surface area contributed by atoms with Gasteiger partial charge < -0.3 is 0 Å². The molecule has 0 N–H and O–H groups in total. The molecule has 0 bridgehead atoms. The minimum Gasteiger partial charge on any atom is -0.198 e. The zero-order valence-electron chi connectivity index (χ0n) is 13.5. The molecule has 1 unspecified atom stereocenters. The van der Waals surface area contributed by atoms with E-state index in [1.807, 2.05) is 0 Å². The number of benzene rings is 1. The van der Waals surface area contributed by atoms with Crippen molar-refractivity contribution in [2.24, 2.45) is 5.92 Å². The Balaban J connectivity index is 1.72. The Morgan fingerprint density at radius 1 is 1.14 bits per heavy atom. The average molecular weight is 283 g/mol. The highest BCUT2D eigenvalue weighted by atomic mass is 14.2. The van der Waals surface area contributed by atoms with Gasteiger partial charge in [-0.25, -0.2) is 0 Å². The molecule has 0 radical (unpaired) electrons. The molecule has 21 heavy (non-hydrogen) atoms. The fourth-order valence-corrected chi connectivity index (χ4v) is 3.57. The van der Waals surface area contributed by atoms with Crippen LogP contribution in [-0.4, -0.2) is 0 Å². The van der Waals surface area contributed by atoms with Crippen LogP contribution in [0.5, 0.6) is 0 Å². The third-order valence-corrected chi connectivity index (χ3v) is 5.05. The summed E-state index contributed by atoms with van der Waals surface area (Å²) in [6.45, 7) is 2.35. The Hall–Kier alpha value is -1.29. The number of nitrogens with zero attached hydrogens (tertiary/aromatic N) is 1. The highest BCUT2D eigenvalue weighted by Crippen LogP contribution is 2.30. The van der Waals surface area contributed by atoms with E-state index in [2.05, 4.69) is 37.3 Å². The van der Waals surface area contributed by atoms with Gasteiger partial charge in [0.1, 0.15) is 0 Å². The van der Waals surface area contributed by atoms with E-state index < -0.39 is 0 Å². The van der Waals surface area contributed by atoms with Gasteiger partial charge in [0.15, 0.2) is 0 Å². The van der Waals surface area contributed by atoms with E-state index in [1.54, 1.807) is 0 Å². The number of hydrogen-bond donors (Lipinski definition) is 0. The summed E-state index contributed by atoms with van der Waals surface area (Å²) >= 11 is 0. The van der Waals surface area contributed by atoms with Gasteiger partial charge in [-0.1, -0.05) is 76.1 Å². The van der Waals surface area contributed by atoms with E-state index in [1.165, 1.54) is 62.5 Å². The summed E-state index contributed by atoms with van der Waals surface area (Å²) in [5.74, 6) is 1.68. The van der Waals surface area contributed by atoms with Crippen LogP contribution in [0.3, 0.4) is 0 Å². The lowest BCUT2D eigenvalue weighted by Gasteiger charge is -2.22. The Bertz CT molecular complexity index is 434. The number of nitriles is 1. The van der Waals surface area contributed by atoms with Gasteiger partial charge in [-0.3, -0.25) is 0 Å². The molecule has 1 saturated carbocycles. The molecule has 0 saturated heterocycles. The van der Waals surface area contributed by atoms with Crippen molar-refractivity contribution < 1.29 is 0 Å². The predicted molar refractivity (Wildman–Crippen MR) is 89.2 cm³/mol. The molecule has 1 nitrogen and oxygen atoms in total. The van der Waals surface area contributed by atoms with Crippen molar-refractivity contribution in [3.63, 3.8) is 0 Å². The second kappa shape index (κ2) is 8.88. The lowest BCUT2D eigenvalue weighted by molar-refractivity contribution is 0.327. The van der Waals surface area contributed by atoms with Crippen LogP contribution in [0.2, 0.25) is 0 Å². The minimum atomic E-state index is 0.621. The van der Waals surface area contributed by atoms with Gasteiger partial charge in [0, 0.05) is 6.42 Å². The van der Waals surface area contributed by atoms with Gasteiger partial charge >= 0.3 is 0 Å². The molecule has 1 atom stereocenters. The van der Waals surface area contributed by atoms with E-state index in [0.29, 0.717) is 12.3 Å². The van der Waals surface area contributed by atoms with Crippen LogP contribution in [0.25, 0.3) is 0 Å². The van der Waals surface area contributed by atoms with E-state index in [0.717, 1.165) is 12.3 Å². The highest BCUT2D eigenvalue weighted by Gasteiger charge is 2.13. The number of aryl methyl sites for hydroxylation is 1. The third-order valence-electron chi connectivity index (χ3n) is 5.05. The van der Waals surface area contributed by atoms with E-state index in [9.17, 15) is 0 Å². The summed E-state index contributed by atoms with van der Waals surface area (Å²) in [6, 6.07) is 11.1. The summed E-state index contributed by atoms with van der Waals surface area (Å²) in [7, 11) is 0. The van der Waals surface area contributed by atoms with Gasteiger partial charge in [-0.15, -0.1) is 0 Å². The van der Waals surface area contributed by atoms with Gasteiger partial charge in [0.2, 0.25) is 0 Å². The van der Waals surface area contributed by atoms with Crippen LogP contribution < -0.4 is 0 Å². The molecule has 0 amide bonds. The summed E-state index contributed by atoms with van der Waals surface area (Å²) in [5, 5.41) is 8.62. The Morgan fingerprint density at radius 3 is 2.52 bits per heavy atom. The van der Waals surface area contributed by atoms with E-state index in [-0.39, 0.29) is 0 Å². The SMILES string of the molecule is CC(CCCC1CCCCC1)c1ccc(CCC#N)cc1. The average Bonchev–Trinajstić information content (AvgIpc) is 2.54. The lowest BCUT2D eigenvalue weighted by atomic mass is 9.84. The predicted octanol–water partition coefficient (Wildman–Crippen LogP) is 6.00. The summed E-state index contributed by atoms with van der Waals surface area (Å²) in [4.78, 5) is 0. The molecule has 0 heterocycles. The fourth-order valence-electron chi connectivity index (χ4n) is 3.57. The highest BCUT2D eigenvalue weighted by molar-refractivity contribution is 5.25. The molecule has 1 heteroatoms. The first-order valence-electron chi connectivity index (χ1n) is 8.75. The van der Waals surface area contributed by atoms with E-state index >= 15 is 0 Å². The second-order valence-corrected chi connectivity index (χ2v) is 6.74. The van der Waals surface area contributed by atoms with Gasteiger partial charge in [-0.2, -0.15) is 5.26 Å². The zero-order chi connectivity index (χ0) is 14.9. The molecular weight excluding hydrogens is 254 g/mol. The van der Waals surface area contributed by atoms with Crippen molar-refractivity contribution in [1.82, 2.24) is 0 Å². The quantitative estimate of drug-likeness (QED) is 0.602. The third kappa shape index (κ3) is 5.54. The normalized spacial score (nSPS) is 17.3. The molecule has 0 aromatic heterocycles. The van der Waals surface area contributed by atoms with Gasteiger partial charge in [0.05, 0.1) is 6.07 Å². The summed E-state index contributed by atoms with van der Waals surface area (Å²) in [5.41, 5.74) is 2.74. The molecule has 1 aliphatic rings. The van der Waals surface area contributed by atoms with Crippen molar-refractivity contribution >= 4 is 0 Å². The number of rotatable bonds is 7. The van der Waals surface area contributed by atoms with Crippen LogP contribution in [0.15, 0.2) is 24.3 Å². The maximum atomic E-state index is 8.62. The van der Waals surface area contributed by atoms with Crippen molar-refractivity contribution in [2.75, 3.05) is 0 Å². The molecule has 0 spiro atoms. The van der Waals surface area contributed by atoms with Crippen molar-refractivity contribution in [1.29, 1.82) is 5.26 Å². The Labute approximate surface area is 130 Å². The fraction of sp³-hybridized carbons (Fsp3) is 0.650. The molecular formula is C20H29N. The lowest BCUT2D eigenvalue weighted by Crippen LogP contribution is -2.06. The maximum Gasteiger partial charge on any atom is 0.0625 e. The van der Waals surface area contributed by atoms with Crippen LogP contribution >= 0.6 is 0 Å². The molecule has 1 fully saturated rings. The summed E-state index contributed by atoms with van der Waals surface area (Å²) in [6.07, 6.45) is 13.0. The van der Waals surface area contributed by atoms with Crippen LogP contribution in [0.1, 0.15) is 81.8 Å². The van der Waals surface area contributed by atoms with Crippen molar-refractivity contribution in [2.45, 2.75) is 77.0 Å². The molecule has 2 rings (SSSR count). The standard InChI is InChI=1S/C20H29N/c1-17(7-5-10-18-8-3-2-4-9-18)20-14-12-19(13-15-20)11-6-16-21/h12-15,17-18H,2-11H2,1H3. The maximum absolute atomic E-state index is 8.62. The molecule has 0 aliphatic heterocycles. The monoisotopic (exact) mass is 283 g/mol. The smallest absolute Gasteiger partial charge is 0.0625 e. The largest absolute Gasteiger partial charge is 0.198 e. The topological polar surface area (TPSA) is 23.8 Å². The second-order valence-electron chi connectivity index (χ2n) is 6.74. The van der Waals surface area contributed by atoms with Gasteiger partial charge in [0.25, 0.3) is 0 Å². The molecule has 1 aromatic carbocycles. The van der Waals surface area contributed by atoms with Crippen molar-refractivity contribution in [3.05, 3.63) is 35.4 Å². The first-order chi connectivity index (χ1) is 10.3. The Morgan fingerprint density at radius 2 is 1.86 bits per heavy atom. The van der Waals surface area contributed by atoms with Crippen LogP contribution in [-0.2, 0) is 6.42 Å². The first kappa shape index (κ1) is 16.1. The van der Waals surface area contributed by atoms with E-state index in [4.69, 9.17) is 5.26 Å². The zero-order valence-corrected chi connectivity index (χ0v) is 13.5. The summed E-state index contributed by atoms with van der Waals surface area (Å²) < 4.78 is 0. The molecule has 1 aromatic rings. The van der Waals surface area contributed by atoms with Gasteiger partial charge in [-0.05, 0) is 35.8 Å².